The molecule has 3 nitrogen and oxygen atoms in total. The van der Waals surface area contributed by atoms with E-state index in [2.05, 4.69) is 5.32 Å². The number of amides is 1. The first-order valence-corrected chi connectivity index (χ1v) is 5.80. The molecule has 2 rings (SSSR count). The van der Waals surface area contributed by atoms with Gasteiger partial charge in [0.05, 0.1) is 17.7 Å². The van der Waals surface area contributed by atoms with Crippen LogP contribution in [0.2, 0.25) is 0 Å². The van der Waals surface area contributed by atoms with Crippen molar-refractivity contribution >= 4 is 5.91 Å². The van der Waals surface area contributed by atoms with Crippen molar-refractivity contribution in [1.82, 2.24) is 5.32 Å². The summed E-state index contributed by atoms with van der Waals surface area (Å²) < 4.78 is 18.7. The Balaban J connectivity index is 2.04. The molecule has 4 heteroatoms. The van der Waals surface area contributed by atoms with Crippen LogP contribution in [-0.4, -0.2) is 25.2 Å². The number of hydrogen-bond acceptors (Lipinski definition) is 2. The third-order valence-corrected chi connectivity index (χ3v) is 3.19. The van der Waals surface area contributed by atoms with Gasteiger partial charge >= 0.3 is 0 Å². The number of rotatable bonds is 3. The fraction of sp³-hybridized carbons (Fsp3) is 0.462. The maximum Gasteiger partial charge on any atom is 0.254 e. The summed E-state index contributed by atoms with van der Waals surface area (Å²) in [5.41, 5.74) is 0.0919. The lowest BCUT2D eigenvalue weighted by Gasteiger charge is -2.19. The second-order valence-electron chi connectivity index (χ2n) is 4.26. The standard InChI is InChI=1S/C13H16FNO2/c1-17-12-8-4-7-11(12)15-13(16)9-5-2-3-6-10(9)14/h2-3,5-6,11-12H,4,7-8H2,1H3,(H,15,16). The van der Waals surface area contributed by atoms with Gasteiger partial charge in [0.15, 0.2) is 0 Å². The van der Waals surface area contributed by atoms with Gasteiger partial charge in [-0.1, -0.05) is 12.1 Å². The number of benzene rings is 1. The number of methoxy groups -OCH3 is 1. The van der Waals surface area contributed by atoms with Crippen molar-refractivity contribution in [3.63, 3.8) is 0 Å². The molecule has 0 aliphatic heterocycles. The van der Waals surface area contributed by atoms with Crippen molar-refractivity contribution in [3.05, 3.63) is 35.6 Å². The monoisotopic (exact) mass is 237 g/mol. The number of carbonyl (C=O) groups is 1. The van der Waals surface area contributed by atoms with Gasteiger partial charge in [0, 0.05) is 7.11 Å². The van der Waals surface area contributed by atoms with Gasteiger partial charge in [-0.15, -0.1) is 0 Å². The molecule has 1 aliphatic carbocycles. The fourth-order valence-corrected chi connectivity index (χ4v) is 2.26. The highest BCUT2D eigenvalue weighted by atomic mass is 19.1. The van der Waals surface area contributed by atoms with E-state index in [0.29, 0.717) is 0 Å². The van der Waals surface area contributed by atoms with Gasteiger partial charge in [0.2, 0.25) is 0 Å². The van der Waals surface area contributed by atoms with Crippen molar-refractivity contribution in [3.8, 4) is 0 Å². The Bertz CT molecular complexity index is 408. The molecule has 0 radical (unpaired) electrons. The van der Waals surface area contributed by atoms with Crippen LogP contribution >= 0.6 is 0 Å². The Morgan fingerprint density at radius 2 is 2.18 bits per heavy atom. The summed E-state index contributed by atoms with van der Waals surface area (Å²) in [5, 5.41) is 2.83. The number of carbonyl (C=O) groups excluding carboxylic acids is 1. The lowest BCUT2D eigenvalue weighted by Crippen LogP contribution is -2.41. The van der Waals surface area contributed by atoms with Crippen LogP contribution in [0.25, 0.3) is 0 Å². The molecule has 1 saturated carbocycles. The van der Waals surface area contributed by atoms with E-state index in [-0.39, 0.29) is 23.6 Å². The first kappa shape index (κ1) is 12.0. The number of hydrogen-bond donors (Lipinski definition) is 1. The molecule has 1 fully saturated rings. The van der Waals surface area contributed by atoms with Crippen molar-refractivity contribution in [1.29, 1.82) is 0 Å². The Labute approximate surface area is 100.0 Å². The third-order valence-electron chi connectivity index (χ3n) is 3.19. The second kappa shape index (κ2) is 5.27. The van der Waals surface area contributed by atoms with Crippen LogP contribution in [0.3, 0.4) is 0 Å². The fourth-order valence-electron chi connectivity index (χ4n) is 2.26. The lowest BCUT2D eigenvalue weighted by atomic mass is 10.1. The Kier molecular flexibility index (Phi) is 3.74. The van der Waals surface area contributed by atoms with Crippen LogP contribution in [0, 0.1) is 5.82 Å². The first-order valence-electron chi connectivity index (χ1n) is 5.80. The summed E-state index contributed by atoms with van der Waals surface area (Å²) in [6, 6.07) is 5.99. The Hall–Kier alpha value is -1.42. The Morgan fingerprint density at radius 3 is 2.88 bits per heavy atom. The van der Waals surface area contributed by atoms with E-state index in [0.717, 1.165) is 19.3 Å². The van der Waals surface area contributed by atoms with Crippen molar-refractivity contribution in [2.45, 2.75) is 31.4 Å². The van der Waals surface area contributed by atoms with E-state index in [1.807, 2.05) is 0 Å². The van der Waals surface area contributed by atoms with Crippen LogP contribution in [-0.2, 0) is 4.74 Å². The first-order chi connectivity index (χ1) is 8.22. The molecule has 2 atom stereocenters. The summed E-state index contributed by atoms with van der Waals surface area (Å²) in [5.74, 6) is -0.853. The molecule has 1 aromatic carbocycles. The van der Waals surface area contributed by atoms with Crippen LogP contribution in [0.5, 0.6) is 0 Å². The van der Waals surface area contributed by atoms with E-state index < -0.39 is 5.82 Å². The third kappa shape index (κ3) is 2.64. The lowest BCUT2D eigenvalue weighted by molar-refractivity contribution is 0.0720. The van der Waals surface area contributed by atoms with Crippen LogP contribution < -0.4 is 5.32 Å². The average molecular weight is 237 g/mol. The van der Waals surface area contributed by atoms with Crippen molar-refractivity contribution in [2.24, 2.45) is 0 Å². The minimum Gasteiger partial charge on any atom is -0.379 e. The van der Waals surface area contributed by atoms with Gasteiger partial charge in [-0.2, -0.15) is 0 Å². The largest absolute Gasteiger partial charge is 0.379 e. The summed E-state index contributed by atoms with van der Waals surface area (Å²) in [6.45, 7) is 0. The minimum atomic E-state index is -0.489. The molecule has 0 heterocycles. The molecule has 1 aromatic rings. The Morgan fingerprint density at radius 1 is 1.41 bits per heavy atom. The number of halogens is 1. The molecule has 92 valence electrons. The summed E-state index contributed by atoms with van der Waals surface area (Å²) in [7, 11) is 1.64. The SMILES string of the molecule is COC1CCCC1NC(=O)c1ccccc1F. The van der Waals surface area contributed by atoms with E-state index in [9.17, 15) is 9.18 Å². The molecule has 17 heavy (non-hydrogen) atoms. The normalized spacial score (nSPS) is 23.6. The smallest absolute Gasteiger partial charge is 0.254 e. The summed E-state index contributed by atoms with van der Waals surface area (Å²) in [6.07, 6.45) is 2.91. The predicted octanol–water partition coefficient (Wildman–Crippen LogP) is 2.12. The van der Waals surface area contributed by atoms with E-state index >= 15 is 0 Å². The van der Waals surface area contributed by atoms with Gasteiger partial charge in [0.1, 0.15) is 5.82 Å². The topological polar surface area (TPSA) is 38.3 Å². The molecule has 2 unspecified atom stereocenters. The molecule has 1 N–H and O–H groups in total. The van der Waals surface area contributed by atoms with Crippen LogP contribution in [0.15, 0.2) is 24.3 Å². The highest BCUT2D eigenvalue weighted by Gasteiger charge is 2.29. The van der Waals surface area contributed by atoms with Gasteiger partial charge in [-0.25, -0.2) is 4.39 Å². The summed E-state index contributed by atoms with van der Waals surface area (Å²) >= 11 is 0. The van der Waals surface area contributed by atoms with E-state index in [1.165, 1.54) is 12.1 Å². The molecular weight excluding hydrogens is 221 g/mol. The molecule has 0 spiro atoms. The quantitative estimate of drug-likeness (QED) is 0.874. The maximum atomic E-state index is 13.4. The van der Waals surface area contributed by atoms with E-state index in [4.69, 9.17) is 4.74 Å². The number of nitrogens with one attached hydrogen (secondary N) is 1. The van der Waals surface area contributed by atoms with Crippen molar-refractivity contribution < 1.29 is 13.9 Å². The molecule has 0 saturated heterocycles. The predicted molar refractivity (Wildman–Crippen MR) is 62.3 cm³/mol. The molecule has 0 aromatic heterocycles. The van der Waals surface area contributed by atoms with E-state index in [1.54, 1.807) is 19.2 Å². The van der Waals surface area contributed by atoms with Gasteiger partial charge in [-0.05, 0) is 31.4 Å². The van der Waals surface area contributed by atoms with Gasteiger partial charge in [-0.3, -0.25) is 4.79 Å². The average Bonchev–Trinajstić information content (AvgIpc) is 2.76. The molecule has 1 aliphatic rings. The summed E-state index contributed by atoms with van der Waals surface area (Å²) in [4.78, 5) is 11.9. The van der Waals surface area contributed by atoms with Gasteiger partial charge in [0.25, 0.3) is 5.91 Å². The zero-order valence-corrected chi connectivity index (χ0v) is 9.78. The highest BCUT2D eigenvalue weighted by Crippen LogP contribution is 2.22. The zero-order valence-electron chi connectivity index (χ0n) is 9.78. The second-order valence-corrected chi connectivity index (χ2v) is 4.26. The highest BCUT2D eigenvalue weighted by molar-refractivity contribution is 5.94. The minimum absolute atomic E-state index is 0.00731. The van der Waals surface area contributed by atoms with Crippen LogP contribution in [0.1, 0.15) is 29.6 Å². The van der Waals surface area contributed by atoms with Crippen LogP contribution in [0.4, 0.5) is 4.39 Å². The molecular formula is C13H16FNO2. The number of ether oxygens (including phenoxy) is 1. The maximum absolute atomic E-state index is 13.4. The van der Waals surface area contributed by atoms with Gasteiger partial charge < -0.3 is 10.1 Å². The zero-order chi connectivity index (χ0) is 12.3. The molecule has 0 bridgehead atoms. The van der Waals surface area contributed by atoms with Crippen molar-refractivity contribution in [2.75, 3.05) is 7.11 Å². The molecule has 1 amide bonds.